The van der Waals surface area contributed by atoms with Crippen molar-refractivity contribution in [2.75, 3.05) is 6.61 Å². The number of carbonyl (C=O) groups is 1. The number of nitrogens with zero attached hydrogens (tertiary/aromatic N) is 4. The molecule has 0 unspecified atom stereocenters. The molecule has 0 atom stereocenters. The lowest BCUT2D eigenvalue weighted by Gasteiger charge is -2.11. The number of fused-ring (bicyclic) bond motifs is 3. The monoisotopic (exact) mass is 401 g/mol. The summed E-state index contributed by atoms with van der Waals surface area (Å²) in [6.07, 6.45) is 2.45. The van der Waals surface area contributed by atoms with E-state index in [4.69, 9.17) is 25.4 Å². The normalized spacial score (nSPS) is 13.8. The maximum atomic E-state index is 11.6. The Kier molecular flexibility index (Phi) is 4.20. The number of pyridine rings is 1. The van der Waals surface area contributed by atoms with Crippen LogP contribution in [0, 0.1) is 26.7 Å². The quantitative estimate of drug-likeness (QED) is 0.549. The fourth-order valence-electron chi connectivity index (χ4n) is 3.89. The number of rotatable bonds is 5. The molecule has 0 aliphatic heterocycles. The summed E-state index contributed by atoms with van der Waals surface area (Å²) in [5, 5.41) is 0. The first-order valence-electron chi connectivity index (χ1n) is 10.1. The number of carbonyl (C=O) groups excluding carboxylic acids is 1. The van der Waals surface area contributed by atoms with Gasteiger partial charge >= 0.3 is 0 Å². The van der Waals surface area contributed by atoms with Crippen LogP contribution in [0.3, 0.4) is 0 Å². The molecule has 152 valence electrons. The third-order valence-corrected chi connectivity index (χ3v) is 5.64. The predicted octanol–water partition coefficient (Wildman–Crippen LogP) is 3.76. The highest BCUT2D eigenvalue weighted by molar-refractivity contribution is 5.93. The summed E-state index contributed by atoms with van der Waals surface area (Å²) in [7, 11) is 0. The van der Waals surface area contributed by atoms with Crippen LogP contribution in [0.5, 0.6) is 5.88 Å². The lowest BCUT2D eigenvalue weighted by atomic mass is 10.0. The van der Waals surface area contributed by atoms with Crippen molar-refractivity contribution in [3.8, 4) is 17.3 Å². The van der Waals surface area contributed by atoms with Crippen molar-refractivity contribution in [3.05, 3.63) is 52.8 Å². The molecule has 7 nitrogen and oxygen atoms in total. The van der Waals surface area contributed by atoms with Crippen LogP contribution in [0.25, 0.3) is 28.1 Å². The van der Waals surface area contributed by atoms with Gasteiger partial charge in [-0.25, -0.2) is 9.97 Å². The molecule has 0 bridgehead atoms. The Morgan fingerprint density at radius 1 is 1.10 bits per heavy atom. The van der Waals surface area contributed by atoms with Gasteiger partial charge in [0.2, 0.25) is 11.8 Å². The second kappa shape index (κ2) is 6.79. The number of nitrogens with two attached hydrogens (primary N) is 1. The summed E-state index contributed by atoms with van der Waals surface area (Å²) in [6, 6.07) is 9.23. The lowest BCUT2D eigenvalue weighted by molar-refractivity contribution is 0.1000. The van der Waals surface area contributed by atoms with Crippen molar-refractivity contribution < 1.29 is 9.53 Å². The van der Waals surface area contributed by atoms with E-state index in [-0.39, 0.29) is 0 Å². The van der Waals surface area contributed by atoms with E-state index in [0.29, 0.717) is 29.6 Å². The summed E-state index contributed by atoms with van der Waals surface area (Å²) in [5.41, 5.74) is 11.9. The molecule has 1 fully saturated rings. The maximum Gasteiger partial charge on any atom is 0.248 e. The van der Waals surface area contributed by atoms with Crippen molar-refractivity contribution >= 4 is 22.6 Å². The molecule has 30 heavy (non-hydrogen) atoms. The molecule has 0 saturated heterocycles. The highest BCUT2D eigenvalue weighted by Gasteiger charge is 2.23. The second-order valence-electron chi connectivity index (χ2n) is 8.04. The number of aromatic nitrogens is 4. The lowest BCUT2D eigenvalue weighted by Crippen LogP contribution is -2.11. The zero-order chi connectivity index (χ0) is 21.0. The third kappa shape index (κ3) is 3.07. The highest BCUT2D eigenvalue weighted by Crippen LogP contribution is 2.32. The molecule has 0 radical (unpaired) electrons. The number of hydrogen-bond acceptors (Lipinski definition) is 5. The van der Waals surface area contributed by atoms with E-state index < -0.39 is 5.91 Å². The van der Waals surface area contributed by atoms with Gasteiger partial charge in [-0.15, -0.1) is 0 Å². The van der Waals surface area contributed by atoms with Crippen molar-refractivity contribution in [1.29, 1.82) is 0 Å². The molecular formula is C23H23N5O2. The molecule has 0 spiro atoms. The molecule has 2 N–H and O–H groups in total. The van der Waals surface area contributed by atoms with Gasteiger partial charge in [-0.3, -0.25) is 9.20 Å². The number of benzene rings is 1. The maximum absolute atomic E-state index is 11.6. The molecule has 1 saturated carbocycles. The fraction of sp³-hybridized carbons (Fsp3) is 0.304. The highest BCUT2D eigenvalue weighted by atomic mass is 16.5. The SMILES string of the molecule is Cc1cc(C(N)=O)ccc1-c1nc(C)c2c(C)nc3ccc(OCC4CC4)nc3n12. The number of hydrogen-bond donors (Lipinski definition) is 1. The second-order valence-corrected chi connectivity index (χ2v) is 8.04. The van der Waals surface area contributed by atoms with Gasteiger partial charge < -0.3 is 10.5 Å². The van der Waals surface area contributed by atoms with E-state index in [1.54, 1.807) is 12.1 Å². The van der Waals surface area contributed by atoms with Gasteiger partial charge in [0.1, 0.15) is 11.3 Å². The van der Waals surface area contributed by atoms with Gasteiger partial charge in [-0.2, -0.15) is 4.98 Å². The van der Waals surface area contributed by atoms with Crippen molar-refractivity contribution in [1.82, 2.24) is 19.4 Å². The summed E-state index contributed by atoms with van der Waals surface area (Å²) >= 11 is 0. The van der Waals surface area contributed by atoms with E-state index in [9.17, 15) is 4.79 Å². The van der Waals surface area contributed by atoms with Gasteiger partial charge in [0.15, 0.2) is 5.65 Å². The first kappa shape index (κ1) is 18.5. The Labute approximate surface area is 173 Å². The third-order valence-electron chi connectivity index (χ3n) is 5.64. The standard InChI is InChI=1S/C23H23N5O2/c1-12-10-16(21(24)29)6-7-17(12)22-26-14(3)20-13(2)25-18-8-9-19(27-23(18)28(20)22)30-11-15-4-5-15/h6-10,15H,4-5,11H2,1-3H3,(H2,24,29). The van der Waals surface area contributed by atoms with E-state index >= 15 is 0 Å². The molecule has 1 aromatic carbocycles. The summed E-state index contributed by atoms with van der Waals surface area (Å²) in [5.74, 6) is 1.56. The zero-order valence-corrected chi connectivity index (χ0v) is 17.3. The first-order chi connectivity index (χ1) is 14.4. The van der Waals surface area contributed by atoms with E-state index in [1.165, 1.54) is 12.8 Å². The number of amides is 1. The van der Waals surface area contributed by atoms with Gasteiger partial charge in [0.05, 0.1) is 23.5 Å². The van der Waals surface area contributed by atoms with Crippen LogP contribution >= 0.6 is 0 Å². The zero-order valence-electron chi connectivity index (χ0n) is 17.3. The van der Waals surface area contributed by atoms with Crippen LogP contribution in [0.1, 0.15) is 40.2 Å². The average Bonchev–Trinajstić information content (AvgIpc) is 3.48. The first-order valence-corrected chi connectivity index (χ1v) is 10.1. The number of primary amides is 1. The van der Waals surface area contributed by atoms with Gasteiger partial charge in [-0.05, 0) is 63.3 Å². The van der Waals surface area contributed by atoms with Gasteiger partial charge in [-0.1, -0.05) is 6.07 Å². The Hall–Kier alpha value is -3.48. The number of ether oxygens (including phenoxy) is 1. The van der Waals surface area contributed by atoms with E-state index in [1.807, 2.05) is 43.4 Å². The topological polar surface area (TPSA) is 95.4 Å². The predicted molar refractivity (Wildman–Crippen MR) is 115 cm³/mol. The molecule has 1 aliphatic carbocycles. The molecular weight excluding hydrogens is 378 g/mol. The smallest absolute Gasteiger partial charge is 0.248 e. The molecule has 3 aromatic heterocycles. The van der Waals surface area contributed by atoms with Gasteiger partial charge in [0.25, 0.3) is 0 Å². The molecule has 4 aromatic rings. The molecule has 7 heteroatoms. The summed E-state index contributed by atoms with van der Waals surface area (Å²) < 4.78 is 7.96. The Balaban J connectivity index is 1.74. The Morgan fingerprint density at radius 3 is 2.57 bits per heavy atom. The Bertz CT molecular complexity index is 1320. The Morgan fingerprint density at radius 2 is 1.87 bits per heavy atom. The average molecular weight is 401 g/mol. The van der Waals surface area contributed by atoms with Crippen LogP contribution < -0.4 is 10.5 Å². The summed E-state index contributed by atoms with van der Waals surface area (Å²) in [6.45, 7) is 6.60. The van der Waals surface area contributed by atoms with Crippen molar-refractivity contribution in [3.63, 3.8) is 0 Å². The van der Waals surface area contributed by atoms with Crippen LogP contribution in [-0.2, 0) is 0 Å². The van der Waals surface area contributed by atoms with Crippen molar-refractivity contribution in [2.24, 2.45) is 11.7 Å². The van der Waals surface area contributed by atoms with Gasteiger partial charge in [0, 0.05) is 17.2 Å². The largest absolute Gasteiger partial charge is 0.477 e. The molecule has 5 rings (SSSR count). The number of aryl methyl sites for hydroxylation is 3. The molecule has 1 amide bonds. The molecule has 3 heterocycles. The van der Waals surface area contributed by atoms with E-state index in [0.717, 1.165) is 39.4 Å². The fourth-order valence-corrected chi connectivity index (χ4v) is 3.89. The van der Waals surface area contributed by atoms with Crippen LogP contribution in [0.4, 0.5) is 0 Å². The molecule has 1 aliphatic rings. The van der Waals surface area contributed by atoms with Crippen molar-refractivity contribution in [2.45, 2.75) is 33.6 Å². The minimum Gasteiger partial charge on any atom is -0.477 e. The van der Waals surface area contributed by atoms with Crippen LogP contribution in [-0.4, -0.2) is 31.9 Å². The minimum atomic E-state index is -0.446. The van der Waals surface area contributed by atoms with Crippen LogP contribution in [0.15, 0.2) is 30.3 Å². The number of imidazole rings is 1. The minimum absolute atomic E-state index is 0.446. The van der Waals surface area contributed by atoms with Crippen LogP contribution in [0.2, 0.25) is 0 Å². The van der Waals surface area contributed by atoms with E-state index in [2.05, 4.69) is 0 Å². The summed E-state index contributed by atoms with van der Waals surface area (Å²) in [4.78, 5) is 25.9.